The summed E-state index contributed by atoms with van der Waals surface area (Å²) in [4.78, 5) is 24.4. The van der Waals surface area contributed by atoms with Gasteiger partial charge in [-0.2, -0.15) is 5.10 Å². The predicted molar refractivity (Wildman–Crippen MR) is 115 cm³/mol. The molecule has 0 saturated carbocycles. The van der Waals surface area contributed by atoms with Crippen molar-refractivity contribution in [2.45, 2.75) is 32.9 Å². The van der Waals surface area contributed by atoms with Crippen molar-refractivity contribution in [2.24, 2.45) is 0 Å². The fraction of sp³-hybridized carbons (Fsp3) is 0.238. The van der Waals surface area contributed by atoms with Crippen LogP contribution in [0.2, 0.25) is 5.02 Å². The van der Waals surface area contributed by atoms with Crippen LogP contribution in [0.15, 0.2) is 53.6 Å². The lowest BCUT2D eigenvalue weighted by molar-refractivity contribution is 0.537. The van der Waals surface area contributed by atoms with Gasteiger partial charge in [-0.15, -0.1) is 0 Å². The van der Waals surface area contributed by atoms with Crippen LogP contribution in [0.1, 0.15) is 38.4 Å². The van der Waals surface area contributed by atoms with Gasteiger partial charge in [0, 0.05) is 39.9 Å². The van der Waals surface area contributed by atoms with Crippen molar-refractivity contribution < 1.29 is 0 Å². The molecule has 7 nitrogen and oxygen atoms in total. The van der Waals surface area contributed by atoms with E-state index < -0.39 is 0 Å². The van der Waals surface area contributed by atoms with Crippen LogP contribution in [-0.4, -0.2) is 24.7 Å². The summed E-state index contributed by atoms with van der Waals surface area (Å²) < 4.78 is 1.91. The smallest absolute Gasteiger partial charge is 0.253 e. The molecule has 0 radical (unpaired) electrons. The fourth-order valence-corrected chi connectivity index (χ4v) is 3.47. The molecule has 0 saturated heterocycles. The first kappa shape index (κ1) is 19.1. The maximum absolute atomic E-state index is 12.5. The number of aromatic amines is 1. The first-order chi connectivity index (χ1) is 13.9. The van der Waals surface area contributed by atoms with E-state index in [-0.39, 0.29) is 17.6 Å². The second-order valence-electron chi connectivity index (χ2n) is 7.17. The van der Waals surface area contributed by atoms with Crippen molar-refractivity contribution in [1.29, 1.82) is 0 Å². The summed E-state index contributed by atoms with van der Waals surface area (Å²) >= 11 is 6.09. The molecule has 4 rings (SSSR count). The number of hydrogen-bond acceptors (Lipinski definition) is 5. The van der Waals surface area contributed by atoms with E-state index in [4.69, 9.17) is 11.6 Å². The van der Waals surface area contributed by atoms with E-state index >= 15 is 0 Å². The minimum Gasteiger partial charge on any atom is -0.347 e. The molecule has 0 fully saturated rings. The van der Waals surface area contributed by atoms with Crippen molar-refractivity contribution >= 4 is 28.5 Å². The molecule has 0 aliphatic rings. The number of nitrogens with zero attached hydrogens (tertiary/aromatic N) is 4. The lowest BCUT2D eigenvalue weighted by Gasteiger charge is -2.15. The Bertz CT molecular complexity index is 1230. The monoisotopic (exact) mass is 408 g/mol. The topological polar surface area (TPSA) is 88.5 Å². The van der Waals surface area contributed by atoms with Crippen molar-refractivity contribution in [3.8, 4) is 11.4 Å². The average Bonchev–Trinajstić information content (AvgIpc) is 3.18. The van der Waals surface area contributed by atoms with Crippen molar-refractivity contribution in [3.05, 3.63) is 69.7 Å². The standard InChI is InChI=1S/C21H21ClN6O/c1-12(2)28-19(7-9-24-28)18-6-8-23-21(27-18)25-13(3)16-11-14-10-15(22)4-5-17(14)26-20(16)29/h4-13H,1-3H3,(H,26,29)(H,23,25,27)/t13-/m0/s1. The number of hydrogen-bond donors (Lipinski definition) is 2. The van der Waals surface area contributed by atoms with Gasteiger partial charge in [-0.3, -0.25) is 9.48 Å². The number of fused-ring (bicyclic) bond motifs is 1. The van der Waals surface area contributed by atoms with Gasteiger partial charge in [0.2, 0.25) is 5.95 Å². The predicted octanol–water partition coefficient (Wildman–Crippen LogP) is 4.59. The van der Waals surface area contributed by atoms with E-state index in [0.29, 0.717) is 16.5 Å². The van der Waals surface area contributed by atoms with Gasteiger partial charge in [0.25, 0.3) is 5.56 Å². The van der Waals surface area contributed by atoms with E-state index in [1.54, 1.807) is 24.5 Å². The minimum atomic E-state index is -0.299. The summed E-state index contributed by atoms with van der Waals surface area (Å²) in [6.45, 7) is 6.03. The van der Waals surface area contributed by atoms with Gasteiger partial charge in [0.05, 0.1) is 17.4 Å². The third-order valence-electron chi connectivity index (χ3n) is 4.72. The van der Waals surface area contributed by atoms with Crippen molar-refractivity contribution in [2.75, 3.05) is 5.32 Å². The Hall–Kier alpha value is -3.19. The van der Waals surface area contributed by atoms with Gasteiger partial charge in [-0.25, -0.2) is 9.97 Å². The molecule has 1 aromatic carbocycles. The summed E-state index contributed by atoms with van der Waals surface area (Å²) in [5.41, 5.74) is 2.85. The first-order valence-electron chi connectivity index (χ1n) is 9.38. The zero-order chi connectivity index (χ0) is 20.5. The zero-order valence-corrected chi connectivity index (χ0v) is 17.1. The van der Waals surface area contributed by atoms with Crippen LogP contribution in [0.3, 0.4) is 0 Å². The molecule has 0 aliphatic carbocycles. The van der Waals surface area contributed by atoms with Crippen LogP contribution in [0.4, 0.5) is 5.95 Å². The lowest BCUT2D eigenvalue weighted by atomic mass is 10.1. The Morgan fingerprint density at radius 2 is 1.93 bits per heavy atom. The Morgan fingerprint density at radius 3 is 2.72 bits per heavy atom. The average molecular weight is 409 g/mol. The lowest BCUT2D eigenvalue weighted by Crippen LogP contribution is -2.20. The molecule has 3 heterocycles. The molecule has 3 aromatic heterocycles. The van der Waals surface area contributed by atoms with Gasteiger partial charge in [0.1, 0.15) is 0 Å². The Balaban J connectivity index is 1.64. The molecular formula is C21H21ClN6O. The van der Waals surface area contributed by atoms with E-state index in [0.717, 1.165) is 22.3 Å². The van der Waals surface area contributed by atoms with Crippen molar-refractivity contribution in [3.63, 3.8) is 0 Å². The van der Waals surface area contributed by atoms with Crippen LogP contribution in [0.5, 0.6) is 0 Å². The first-order valence-corrected chi connectivity index (χ1v) is 9.76. The summed E-state index contributed by atoms with van der Waals surface area (Å²) in [5, 5.41) is 9.07. The molecular weight excluding hydrogens is 388 g/mol. The van der Waals surface area contributed by atoms with Gasteiger partial charge in [-0.1, -0.05) is 11.6 Å². The number of pyridine rings is 1. The summed E-state index contributed by atoms with van der Waals surface area (Å²) in [5.74, 6) is 0.442. The molecule has 148 valence electrons. The van der Waals surface area contributed by atoms with Crippen LogP contribution >= 0.6 is 11.6 Å². The van der Waals surface area contributed by atoms with Gasteiger partial charge in [-0.05, 0) is 57.2 Å². The highest BCUT2D eigenvalue weighted by Gasteiger charge is 2.15. The molecule has 8 heteroatoms. The summed E-state index contributed by atoms with van der Waals surface area (Å²) in [7, 11) is 0. The van der Waals surface area contributed by atoms with Crippen LogP contribution < -0.4 is 10.9 Å². The number of H-pyrrole nitrogens is 1. The second-order valence-corrected chi connectivity index (χ2v) is 7.61. The van der Waals surface area contributed by atoms with E-state index in [2.05, 4.69) is 39.2 Å². The highest BCUT2D eigenvalue weighted by atomic mass is 35.5. The summed E-state index contributed by atoms with van der Waals surface area (Å²) in [6.07, 6.45) is 3.45. The molecule has 2 N–H and O–H groups in total. The van der Waals surface area contributed by atoms with E-state index in [1.165, 1.54) is 0 Å². The Morgan fingerprint density at radius 1 is 1.10 bits per heavy atom. The maximum Gasteiger partial charge on any atom is 0.253 e. The Kier molecular flexibility index (Phi) is 5.07. The number of rotatable bonds is 5. The third kappa shape index (κ3) is 3.86. The zero-order valence-electron chi connectivity index (χ0n) is 16.3. The Labute approximate surface area is 172 Å². The number of nitrogens with one attached hydrogen (secondary N) is 2. The van der Waals surface area contributed by atoms with Crippen molar-refractivity contribution in [1.82, 2.24) is 24.7 Å². The molecule has 4 aromatic rings. The highest BCUT2D eigenvalue weighted by Crippen LogP contribution is 2.23. The normalized spacial score (nSPS) is 12.4. The number of aromatic nitrogens is 5. The third-order valence-corrected chi connectivity index (χ3v) is 4.96. The number of benzene rings is 1. The molecule has 0 amide bonds. The molecule has 1 atom stereocenters. The van der Waals surface area contributed by atoms with E-state index in [1.807, 2.05) is 35.9 Å². The summed E-state index contributed by atoms with van der Waals surface area (Å²) in [6, 6.07) is 10.9. The van der Waals surface area contributed by atoms with Gasteiger partial charge >= 0.3 is 0 Å². The SMILES string of the molecule is CC(C)n1nccc1-c1ccnc(N[C@@H](C)c2cc3cc(Cl)ccc3[nH]c2=O)n1. The maximum atomic E-state index is 12.5. The molecule has 0 bridgehead atoms. The molecule has 0 unspecified atom stereocenters. The van der Waals surface area contributed by atoms with Crippen LogP contribution in [-0.2, 0) is 0 Å². The van der Waals surface area contributed by atoms with E-state index in [9.17, 15) is 4.79 Å². The quantitative estimate of drug-likeness (QED) is 0.504. The van der Waals surface area contributed by atoms with Gasteiger partial charge < -0.3 is 10.3 Å². The highest BCUT2D eigenvalue weighted by molar-refractivity contribution is 6.31. The number of halogens is 1. The second kappa shape index (κ2) is 7.67. The minimum absolute atomic E-state index is 0.158. The van der Waals surface area contributed by atoms with Crippen LogP contribution in [0.25, 0.3) is 22.3 Å². The molecule has 0 aliphatic heterocycles. The number of anilines is 1. The molecule has 29 heavy (non-hydrogen) atoms. The fourth-order valence-electron chi connectivity index (χ4n) is 3.29. The van der Waals surface area contributed by atoms with Gasteiger partial charge in [0.15, 0.2) is 0 Å². The van der Waals surface area contributed by atoms with Crippen LogP contribution in [0, 0.1) is 0 Å². The molecule has 0 spiro atoms. The largest absolute Gasteiger partial charge is 0.347 e.